The first-order valence-corrected chi connectivity index (χ1v) is 6.93. The number of likely N-dealkylation sites (N-methyl/N-ethyl adjacent to an activating group) is 1. The van der Waals surface area contributed by atoms with E-state index in [1.807, 2.05) is 6.92 Å². The zero-order valence-electron chi connectivity index (χ0n) is 12.7. The number of hydrogen-bond donors (Lipinski definition) is 1. The lowest BCUT2D eigenvalue weighted by Gasteiger charge is -2.31. The monoisotopic (exact) mass is 249 g/mol. The SMILES string of the molecule is CCNC(Cc1cc(CC)nc(C)n1)C(C)(C)C. The number of nitrogens with zero attached hydrogens (tertiary/aromatic N) is 2. The van der Waals surface area contributed by atoms with Gasteiger partial charge < -0.3 is 5.32 Å². The summed E-state index contributed by atoms with van der Waals surface area (Å²) in [6.45, 7) is 14.1. The molecule has 3 nitrogen and oxygen atoms in total. The van der Waals surface area contributed by atoms with Crippen molar-refractivity contribution in [3.8, 4) is 0 Å². The molecule has 1 rings (SSSR count). The van der Waals surface area contributed by atoms with Gasteiger partial charge in [0.25, 0.3) is 0 Å². The predicted molar refractivity (Wildman–Crippen MR) is 76.8 cm³/mol. The van der Waals surface area contributed by atoms with E-state index >= 15 is 0 Å². The molecule has 1 N–H and O–H groups in total. The Labute approximate surface area is 111 Å². The van der Waals surface area contributed by atoms with Gasteiger partial charge in [0.05, 0.1) is 0 Å². The van der Waals surface area contributed by atoms with Gasteiger partial charge in [0.1, 0.15) is 5.82 Å². The van der Waals surface area contributed by atoms with Crippen LogP contribution in [0.1, 0.15) is 51.8 Å². The van der Waals surface area contributed by atoms with Crippen molar-refractivity contribution >= 4 is 0 Å². The van der Waals surface area contributed by atoms with Crippen LogP contribution < -0.4 is 5.32 Å². The van der Waals surface area contributed by atoms with Crippen LogP contribution in [0.2, 0.25) is 0 Å². The topological polar surface area (TPSA) is 37.8 Å². The number of aryl methyl sites for hydroxylation is 2. The summed E-state index contributed by atoms with van der Waals surface area (Å²) in [5.74, 6) is 0.883. The Morgan fingerprint density at radius 3 is 2.28 bits per heavy atom. The largest absolute Gasteiger partial charge is 0.313 e. The van der Waals surface area contributed by atoms with E-state index < -0.39 is 0 Å². The number of nitrogens with one attached hydrogen (secondary N) is 1. The second kappa shape index (κ2) is 6.28. The third-order valence-electron chi connectivity index (χ3n) is 3.22. The summed E-state index contributed by atoms with van der Waals surface area (Å²) in [6, 6.07) is 2.59. The first kappa shape index (κ1) is 15.1. The minimum absolute atomic E-state index is 0.237. The van der Waals surface area contributed by atoms with E-state index in [9.17, 15) is 0 Å². The molecule has 1 atom stereocenters. The number of rotatable bonds is 5. The van der Waals surface area contributed by atoms with Crippen LogP contribution in [-0.4, -0.2) is 22.6 Å². The lowest BCUT2D eigenvalue weighted by atomic mass is 9.84. The quantitative estimate of drug-likeness (QED) is 0.872. The fourth-order valence-electron chi connectivity index (χ4n) is 2.12. The van der Waals surface area contributed by atoms with Crippen molar-refractivity contribution < 1.29 is 0 Å². The lowest BCUT2D eigenvalue weighted by molar-refractivity contribution is 0.268. The van der Waals surface area contributed by atoms with Crippen molar-refractivity contribution in [3.63, 3.8) is 0 Å². The van der Waals surface area contributed by atoms with Crippen molar-refractivity contribution in [1.29, 1.82) is 0 Å². The van der Waals surface area contributed by atoms with E-state index in [0.717, 1.165) is 36.6 Å². The highest BCUT2D eigenvalue weighted by Crippen LogP contribution is 2.22. The molecule has 0 radical (unpaired) electrons. The molecule has 0 saturated heterocycles. The Morgan fingerprint density at radius 1 is 1.17 bits per heavy atom. The van der Waals surface area contributed by atoms with Crippen molar-refractivity contribution in [3.05, 3.63) is 23.3 Å². The molecule has 0 spiro atoms. The van der Waals surface area contributed by atoms with Gasteiger partial charge in [-0.3, -0.25) is 0 Å². The summed E-state index contributed by atoms with van der Waals surface area (Å²) in [7, 11) is 0. The molecule has 0 aliphatic carbocycles. The summed E-state index contributed by atoms with van der Waals surface area (Å²) in [4.78, 5) is 9.00. The van der Waals surface area contributed by atoms with Crippen LogP contribution in [0, 0.1) is 12.3 Å². The summed E-state index contributed by atoms with van der Waals surface area (Å²) in [6.07, 6.45) is 1.94. The molecule has 0 aliphatic rings. The first-order chi connectivity index (χ1) is 8.36. The summed E-state index contributed by atoms with van der Waals surface area (Å²) in [5.41, 5.74) is 2.53. The highest BCUT2D eigenvalue weighted by atomic mass is 14.9. The van der Waals surface area contributed by atoms with Crippen LogP contribution in [0.25, 0.3) is 0 Å². The Morgan fingerprint density at radius 2 is 1.78 bits per heavy atom. The molecule has 1 heterocycles. The molecule has 0 saturated carbocycles. The predicted octanol–water partition coefficient (Wildman–Crippen LogP) is 2.91. The van der Waals surface area contributed by atoms with Gasteiger partial charge in [0.2, 0.25) is 0 Å². The maximum absolute atomic E-state index is 4.57. The van der Waals surface area contributed by atoms with Gasteiger partial charge in [-0.25, -0.2) is 9.97 Å². The van der Waals surface area contributed by atoms with Gasteiger partial charge >= 0.3 is 0 Å². The summed E-state index contributed by atoms with van der Waals surface area (Å²) in [5, 5.41) is 3.57. The first-order valence-electron chi connectivity index (χ1n) is 6.93. The third-order valence-corrected chi connectivity index (χ3v) is 3.22. The Kier molecular flexibility index (Phi) is 5.27. The van der Waals surface area contributed by atoms with Crippen LogP contribution in [0.5, 0.6) is 0 Å². The molecule has 0 fully saturated rings. The molecular formula is C15H27N3. The zero-order chi connectivity index (χ0) is 13.8. The molecule has 3 heteroatoms. The fraction of sp³-hybridized carbons (Fsp3) is 0.733. The second-order valence-electron chi connectivity index (χ2n) is 5.93. The van der Waals surface area contributed by atoms with E-state index in [1.165, 1.54) is 0 Å². The minimum Gasteiger partial charge on any atom is -0.313 e. The van der Waals surface area contributed by atoms with Gasteiger partial charge in [-0.15, -0.1) is 0 Å². The molecule has 1 aromatic rings. The molecule has 0 aliphatic heterocycles. The number of hydrogen-bond acceptors (Lipinski definition) is 3. The van der Waals surface area contributed by atoms with Crippen molar-refractivity contribution in [1.82, 2.24) is 15.3 Å². The van der Waals surface area contributed by atoms with Gasteiger partial charge in [-0.1, -0.05) is 34.6 Å². The maximum Gasteiger partial charge on any atom is 0.125 e. The standard InChI is InChI=1S/C15H27N3/c1-7-12-9-13(18-11(3)17-12)10-14(16-8-2)15(4,5)6/h9,14,16H,7-8,10H2,1-6H3. The highest BCUT2D eigenvalue weighted by molar-refractivity contribution is 5.13. The smallest absolute Gasteiger partial charge is 0.125 e. The van der Waals surface area contributed by atoms with Gasteiger partial charge in [-0.05, 0) is 31.4 Å². The van der Waals surface area contributed by atoms with E-state index in [1.54, 1.807) is 0 Å². The Hall–Kier alpha value is -0.960. The normalized spacial score (nSPS) is 13.7. The molecule has 0 amide bonds. The van der Waals surface area contributed by atoms with Gasteiger partial charge in [0, 0.05) is 23.9 Å². The number of aromatic nitrogens is 2. The lowest BCUT2D eigenvalue weighted by Crippen LogP contribution is -2.42. The van der Waals surface area contributed by atoms with Gasteiger partial charge in [0.15, 0.2) is 0 Å². The van der Waals surface area contributed by atoms with Crippen LogP contribution in [0.15, 0.2) is 6.07 Å². The average Bonchev–Trinajstić information content (AvgIpc) is 2.26. The highest BCUT2D eigenvalue weighted by Gasteiger charge is 2.24. The van der Waals surface area contributed by atoms with Crippen LogP contribution in [0.3, 0.4) is 0 Å². The van der Waals surface area contributed by atoms with E-state index in [2.05, 4.69) is 56.0 Å². The fourth-order valence-corrected chi connectivity index (χ4v) is 2.12. The van der Waals surface area contributed by atoms with E-state index in [0.29, 0.717) is 6.04 Å². The van der Waals surface area contributed by atoms with E-state index in [4.69, 9.17) is 0 Å². The van der Waals surface area contributed by atoms with Crippen LogP contribution >= 0.6 is 0 Å². The second-order valence-corrected chi connectivity index (χ2v) is 5.93. The average molecular weight is 249 g/mol. The summed E-state index contributed by atoms with van der Waals surface area (Å²) < 4.78 is 0. The molecule has 0 bridgehead atoms. The van der Waals surface area contributed by atoms with Crippen molar-refractivity contribution in [2.75, 3.05) is 6.54 Å². The molecular weight excluding hydrogens is 222 g/mol. The molecule has 0 aromatic carbocycles. The maximum atomic E-state index is 4.57. The molecule has 102 valence electrons. The Bertz CT molecular complexity index is 380. The molecule has 18 heavy (non-hydrogen) atoms. The molecule has 1 aromatic heterocycles. The zero-order valence-corrected chi connectivity index (χ0v) is 12.7. The summed E-state index contributed by atoms with van der Waals surface area (Å²) >= 11 is 0. The Balaban J connectivity index is 2.90. The molecule has 1 unspecified atom stereocenters. The van der Waals surface area contributed by atoms with Crippen LogP contribution in [-0.2, 0) is 12.8 Å². The third kappa shape index (κ3) is 4.37. The van der Waals surface area contributed by atoms with Crippen LogP contribution in [0.4, 0.5) is 0 Å². The van der Waals surface area contributed by atoms with Crippen molar-refractivity contribution in [2.45, 2.75) is 60.4 Å². The minimum atomic E-state index is 0.237. The van der Waals surface area contributed by atoms with Gasteiger partial charge in [-0.2, -0.15) is 0 Å². The van der Waals surface area contributed by atoms with Crippen molar-refractivity contribution in [2.24, 2.45) is 5.41 Å². The van der Waals surface area contributed by atoms with E-state index in [-0.39, 0.29) is 5.41 Å².